The lowest BCUT2D eigenvalue weighted by atomic mass is 10.1. The maximum absolute atomic E-state index is 4.18. The van der Waals surface area contributed by atoms with Crippen LogP contribution in [0.1, 0.15) is 51.6 Å². The molecule has 0 aliphatic rings. The Kier molecular flexibility index (Phi) is 5.53. The highest BCUT2D eigenvalue weighted by molar-refractivity contribution is 5.08. The molecule has 1 rings (SSSR count). The van der Waals surface area contributed by atoms with Gasteiger partial charge in [-0.15, -0.1) is 0 Å². The molecule has 1 N–H and O–H groups in total. The number of unbranched alkanes of at least 4 members (excludes halogenated alkanes) is 1. The molecule has 1 atom stereocenters. The van der Waals surface area contributed by atoms with E-state index in [1.54, 1.807) is 0 Å². The van der Waals surface area contributed by atoms with Crippen molar-refractivity contribution < 1.29 is 0 Å². The van der Waals surface area contributed by atoms with Crippen LogP contribution >= 0.6 is 0 Å². The predicted molar refractivity (Wildman–Crippen MR) is 68.3 cm³/mol. The summed E-state index contributed by atoms with van der Waals surface area (Å²) in [7, 11) is 1.96. The molecule has 1 unspecified atom stereocenters. The second kappa shape index (κ2) is 6.69. The monoisotopic (exact) mass is 223 g/mol. The fraction of sp³-hybridized carbons (Fsp3) is 0.769. The lowest BCUT2D eigenvalue weighted by Gasteiger charge is -2.12. The summed E-state index contributed by atoms with van der Waals surface area (Å²) in [6.45, 7) is 7.86. The van der Waals surface area contributed by atoms with Crippen molar-refractivity contribution in [2.45, 2.75) is 46.1 Å². The van der Waals surface area contributed by atoms with Crippen LogP contribution < -0.4 is 5.32 Å². The molecule has 1 heterocycles. The van der Waals surface area contributed by atoms with Crippen molar-refractivity contribution in [2.24, 2.45) is 13.0 Å². The Bertz CT molecular complexity index is 291. The van der Waals surface area contributed by atoms with E-state index >= 15 is 0 Å². The molecule has 0 amide bonds. The van der Waals surface area contributed by atoms with Gasteiger partial charge in [0.25, 0.3) is 0 Å². The Morgan fingerprint density at radius 2 is 2.06 bits per heavy atom. The molecule has 0 bridgehead atoms. The lowest BCUT2D eigenvalue weighted by molar-refractivity contribution is 0.498. The maximum atomic E-state index is 4.18. The van der Waals surface area contributed by atoms with Crippen LogP contribution in [0.2, 0.25) is 0 Å². The molecule has 0 saturated carbocycles. The van der Waals surface area contributed by atoms with E-state index in [-0.39, 0.29) is 0 Å². The molecule has 1 aromatic rings. The number of hydrogen-bond acceptors (Lipinski definition) is 2. The quantitative estimate of drug-likeness (QED) is 0.720. The van der Waals surface area contributed by atoms with Gasteiger partial charge in [0.1, 0.15) is 0 Å². The van der Waals surface area contributed by atoms with Crippen LogP contribution in [-0.4, -0.2) is 16.3 Å². The van der Waals surface area contributed by atoms with Crippen LogP contribution in [0.25, 0.3) is 0 Å². The van der Waals surface area contributed by atoms with Gasteiger partial charge in [-0.3, -0.25) is 4.68 Å². The van der Waals surface area contributed by atoms with Crippen LogP contribution in [0.4, 0.5) is 0 Å². The van der Waals surface area contributed by atoms with Crippen molar-refractivity contribution in [1.29, 1.82) is 0 Å². The summed E-state index contributed by atoms with van der Waals surface area (Å²) < 4.78 is 1.85. The highest BCUT2D eigenvalue weighted by atomic mass is 15.2. The molecule has 0 spiro atoms. The van der Waals surface area contributed by atoms with E-state index in [1.165, 1.54) is 24.8 Å². The van der Waals surface area contributed by atoms with Gasteiger partial charge >= 0.3 is 0 Å². The molecule has 0 radical (unpaired) electrons. The second-order valence-corrected chi connectivity index (χ2v) is 5.01. The molecule has 0 aliphatic heterocycles. The van der Waals surface area contributed by atoms with Gasteiger partial charge in [-0.1, -0.05) is 26.7 Å². The molecule has 1 aromatic heterocycles. The van der Waals surface area contributed by atoms with Gasteiger partial charge in [0.15, 0.2) is 0 Å². The van der Waals surface area contributed by atoms with Crippen LogP contribution in [0.3, 0.4) is 0 Å². The molecule has 3 heteroatoms. The van der Waals surface area contributed by atoms with E-state index < -0.39 is 0 Å². The Balaban J connectivity index is 2.13. The van der Waals surface area contributed by atoms with E-state index in [0.717, 1.165) is 12.5 Å². The van der Waals surface area contributed by atoms with E-state index in [9.17, 15) is 0 Å². The first kappa shape index (κ1) is 13.2. The summed E-state index contributed by atoms with van der Waals surface area (Å²) in [5.41, 5.74) is 1.27. The smallest absolute Gasteiger partial charge is 0.0537 e. The number of hydrogen-bond donors (Lipinski definition) is 1. The zero-order valence-electron chi connectivity index (χ0n) is 11.0. The number of aromatic nitrogens is 2. The molecule has 92 valence electrons. The Morgan fingerprint density at radius 1 is 1.31 bits per heavy atom. The molecule has 0 fully saturated rings. The number of nitrogens with zero attached hydrogens (tertiary/aromatic N) is 2. The maximum Gasteiger partial charge on any atom is 0.0537 e. The van der Waals surface area contributed by atoms with Gasteiger partial charge in [0.2, 0.25) is 0 Å². The van der Waals surface area contributed by atoms with Gasteiger partial charge in [-0.25, -0.2) is 0 Å². The minimum Gasteiger partial charge on any atom is -0.310 e. The molecule has 16 heavy (non-hydrogen) atoms. The summed E-state index contributed by atoms with van der Waals surface area (Å²) >= 11 is 0. The molecular formula is C13H25N3. The summed E-state index contributed by atoms with van der Waals surface area (Å²) in [4.78, 5) is 0. The minimum atomic E-state index is 0.410. The minimum absolute atomic E-state index is 0.410. The third kappa shape index (κ3) is 4.79. The van der Waals surface area contributed by atoms with Crippen molar-refractivity contribution in [3.63, 3.8) is 0 Å². The van der Waals surface area contributed by atoms with Crippen LogP contribution in [0.5, 0.6) is 0 Å². The van der Waals surface area contributed by atoms with Crippen molar-refractivity contribution in [1.82, 2.24) is 15.1 Å². The fourth-order valence-corrected chi connectivity index (χ4v) is 1.78. The Labute approximate surface area is 99.2 Å². The van der Waals surface area contributed by atoms with Crippen LogP contribution in [0, 0.1) is 5.92 Å². The standard InChI is InChI=1S/C13H25N3/c1-11(2)7-5-6-8-14-12(3)13-9-15-16(4)10-13/h9-12,14H,5-8H2,1-4H3. The van der Waals surface area contributed by atoms with Crippen molar-refractivity contribution in [2.75, 3.05) is 6.54 Å². The average Bonchev–Trinajstić information content (AvgIpc) is 2.63. The van der Waals surface area contributed by atoms with E-state index in [1.807, 2.05) is 17.9 Å². The third-order valence-corrected chi connectivity index (χ3v) is 2.88. The number of nitrogens with one attached hydrogen (secondary N) is 1. The van der Waals surface area contributed by atoms with Crippen molar-refractivity contribution in [3.8, 4) is 0 Å². The second-order valence-electron chi connectivity index (χ2n) is 5.01. The molecule has 0 aliphatic carbocycles. The fourth-order valence-electron chi connectivity index (χ4n) is 1.78. The summed E-state index contributed by atoms with van der Waals surface area (Å²) in [5.74, 6) is 0.829. The van der Waals surface area contributed by atoms with Crippen molar-refractivity contribution >= 4 is 0 Å². The topological polar surface area (TPSA) is 29.9 Å². The zero-order chi connectivity index (χ0) is 12.0. The molecule has 0 saturated heterocycles. The van der Waals surface area contributed by atoms with E-state index in [0.29, 0.717) is 6.04 Å². The SMILES string of the molecule is CC(C)CCCCNC(C)c1cnn(C)c1. The van der Waals surface area contributed by atoms with Gasteiger partial charge in [-0.2, -0.15) is 5.10 Å². The van der Waals surface area contributed by atoms with Crippen LogP contribution in [0.15, 0.2) is 12.4 Å². The number of aryl methyl sites for hydroxylation is 1. The van der Waals surface area contributed by atoms with E-state index in [4.69, 9.17) is 0 Å². The first-order valence-electron chi connectivity index (χ1n) is 6.31. The first-order valence-corrected chi connectivity index (χ1v) is 6.31. The normalized spacial score (nSPS) is 13.3. The predicted octanol–water partition coefficient (Wildman–Crippen LogP) is 2.90. The molecular weight excluding hydrogens is 198 g/mol. The largest absolute Gasteiger partial charge is 0.310 e. The van der Waals surface area contributed by atoms with Crippen LogP contribution in [-0.2, 0) is 7.05 Å². The third-order valence-electron chi connectivity index (χ3n) is 2.88. The lowest BCUT2D eigenvalue weighted by Crippen LogP contribution is -2.19. The Hall–Kier alpha value is -0.830. The number of rotatable bonds is 7. The average molecular weight is 223 g/mol. The highest BCUT2D eigenvalue weighted by Gasteiger charge is 2.05. The Morgan fingerprint density at radius 3 is 2.62 bits per heavy atom. The van der Waals surface area contributed by atoms with Gasteiger partial charge < -0.3 is 5.32 Å². The van der Waals surface area contributed by atoms with Gasteiger partial charge in [0.05, 0.1) is 6.20 Å². The first-order chi connectivity index (χ1) is 7.59. The summed E-state index contributed by atoms with van der Waals surface area (Å²) in [6.07, 6.45) is 7.94. The van der Waals surface area contributed by atoms with Gasteiger partial charge in [0, 0.05) is 24.8 Å². The molecule has 0 aromatic carbocycles. The summed E-state index contributed by atoms with van der Waals surface area (Å²) in [6, 6.07) is 0.410. The highest BCUT2D eigenvalue weighted by Crippen LogP contribution is 2.11. The zero-order valence-corrected chi connectivity index (χ0v) is 11.0. The molecule has 3 nitrogen and oxygen atoms in total. The van der Waals surface area contributed by atoms with Crippen molar-refractivity contribution in [3.05, 3.63) is 18.0 Å². The van der Waals surface area contributed by atoms with Gasteiger partial charge in [-0.05, 0) is 25.8 Å². The summed E-state index contributed by atoms with van der Waals surface area (Å²) in [5, 5.41) is 7.71. The van der Waals surface area contributed by atoms with E-state index in [2.05, 4.69) is 37.4 Å².